The van der Waals surface area contributed by atoms with Crippen LogP contribution in [-0.4, -0.2) is 27.8 Å². The predicted molar refractivity (Wildman–Crippen MR) is 68.2 cm³/mol. The van der Waals surface area contributed by atoms with Crippen LogP contribution in [-0.2, 0) is 16.0 Å². The van der Waals surface area contributed by atoms with E-state index in [-0.39, 0.29) is 6.42 Å². The molecule has 19 heavy (non-hydrogen) atoms. The zero-order valence-electron chi connectivity index (χ0n) is 9.74. The first-order chi connectivity index (χ1) is 8.85. The SMILES string of the molecule is COC(=O)C(Br)Cc1cc([N+](=O)[O-])cc([N+](=O)[O-])c1. The topological polar surface area (TPSA) is 113 Å². The summed E-state index contributed by atoms with van der Waals surface area (Å²) in [6.45, 7) is 0. The standard InChI is InChI=1S/C10H9BrN2O6/c1-19-10(14)9(11)4-6-2-7(12(15)16)5-8(3-6)13(17)18/h2-3,5,9H,4H2,1H3. The number of hydrogen-bond donors (Lipinski definition) is 0. The Bertz CT molecular complexity index is 501. The number of esters is 1. The highest BCUT2D eigenvalue weighted by Crippen LogP contribution is 2.24. The maximum Gasteiger partial charge on any atom is 0.319 e. The summed E-state index contributed by atoms with van der Waals surface area (Å²) in [6.07, 6.45) is 0.0508. The van der Waals surface area contributed by atoms with Crippen LogP contribution >= 0.6 is 15.9 Å². The van der Waals surface area contributed by atoms with E-state index in [4.69, 9.17) is 0 Å². The molecule has 0 spiro atoms. The second-order valence-electron chi connectivity index (χ2n) is 3.57. The summed E-state index contributed by atoms with van der Waals surface area (Å²) in [4.78, 5) is 30.4. The number of nitro benzene ring substituents is 2. The molecule has 0 aromatic heterocycles. The van der Waals surface area contributed by atoms with Crippen LogP contribution in [0.25, 0.3) is 0 Å². The Morgan fingerprint density at radius 2 is 1.74 bits per heavy atom. The molecular formula is C10H9BrN2O6. The van der Waals surface area contributed by atoms with Crippen LogP contribution in [0.1, 0.15) is 5.56 Å². The molecule has 0 aliphatic heterocycles. The van der Waals surface area contributed by atoms with Gasteiger partial charge in [0.2, 0.25) is 0 Å². The molecule has 0 aliphatic rings. The van der Waals surface area contributed by atoms with Gasteiger partial charge in [0, 0.05) is 12.1 Å². The smallest absolute Gasteiger partial charge is 0.319 e. The van der Waals surface area contributed by atoms with Crippen molar-refractivity contribution in [3.8, 4) is 0 Å². The third kappa shape index (κ3) is 3.98. The number of ether oxygens (including phenoxy) is 1. The second-order valence-corrected chi connectivity index (χ2v) is 4.67. The lowest BCUT2D eigenvalue weighted by Crippen LogP contribution is -2.18. The van der Waals surface area contributed by atoms with Gasteiger partial charge in [-0.25, -0.2) is 0 Å². The molecule has 0 radical (unpaired) electrons. The van der Waals surface area contributed by atoms with Crippen LogP contribution in [0, 0.1) is 20.2 Å². The molecule has 0 saturated carbocycles. The number of alkyl halides is 1. The molecule has 102 valence electrons. The number of benzene rings is 1. The fourth-order valence-electron chi connectivity index (χ4n) is 1.40. The second kappa shape index (κ2) is 6.23. The third-order valence-electron chi connectivity index (χ3n) is 2.26. The lowest BCUT2D eigenvalue weighted by molar-refractivity contribution is -0.394. The van der Waals surface area contributed by atoms with E-state index in [9.17, 15) is 25.0 Å². The van der Waals surface area contributed by atoms with Crippen molar-refractivity contribution in [1.29, 1.82) is 0 Å². The van der Waals surface area contributed by atoms with Gasteiger partial charge in [-0.3, -0.25) is 25.0 Å². The van der Waals surface area contributed by atoms with Crippen molar-refractivity contribution in [1.82, 2.24) is 0 Å². The van der Waals surface area contributed by atoms with E-state index in [1.165, 1.54) is 19.2 Å². The van der Waals surface area contributed by atoms with E-state index in [1.54, 1.807) is 0 Å². The summed E-state index contributed by atoms with van der Waals surface area (Å²) < 4.78 is 4.49. The lowest BCUT2D eigenvalue weighted by atomic mass is 10.1. The molecule has 0 aliphatic carbocycles. The van der Waals surface area contributed by atoms with E-state index in [2.05, 4.69) is 20.7 Å². The van der Waals surface area contributed by atoms with Crippen molar-refractivity contribution < 1.29 is 19.4 Å². The molecule has 1 atom stereocenters. The highest BCUT2D eigenvalue weighted by Gasteiger charge is 2.21. The Hall–Kier alpha value is -2.03. The van der Waals surface area contributed by atoms with Crippen LogP contribution in [0.4, 0.5) is 11.4 Å². The van der Waals surface area contributed by atoms with E-state index in [0.717, 1.165) is 6.07 Å². The predicted octanol–water partition coefficient (Wildman–Crippen LogP) is 1.98. The number of rotatable bonds is 5. The number of nitro groups is 2. The van der Waals surface area contributed by atoms with Gasteiger partial charge in [0.1, 0.15) is 4.83 Å². The number of methoxy groups -OCH3 is 1. The van der Waals surface area contributed by atoms with E-state index in [0.29, 0.717) is 5.56 Å². The summed E-state index contributed by atoms with van der Waals surface area (Å²) in [6, 6.07) is 3.24. The lowest BCUT2D eigenvalue weighted by Gasteiger charge is -2.07. The van der Waals surface area contributed by atoms with Gasteiger partial charge in [0.05, 0.1) is 23.0 Å². The molecule has 1 unspecified atom stereocenters. The fourth-order valence-corrected chi connectivity index (χ4v) is 1.96. The van der Waals surface area contributed by atoms with Gasteiger partial charge in [0.25, 0.3) is 11.4 Å². The van der Waals surface area contributed by atoms with Crippen LogP contribution in [0.15, 0.2) is 18.2 Å². The monoisotopic (exact) mass is 332 g/mol. The van der Waals surface area contributed by atoms with Crippen molar-refractivity contribution >= 4 is 33.3 Å². The molecule has 0 amide bonds. The first-order valence-corrected chi connectivity index (χ1v) is 5.91. The first kappa shape index (κ1) is 15.0. The van der Waals surface area contributed by atoms with Crippen molar-refractivity contribution in [3.05, 3.63) is 44.0 Å². The van der Waals surface area contributed by atoms with Gasteiger partial charge < -0.3 is 4.74 Å². The molecule has 0 N–H and O–H groups in total. The zero-order chi connectivity index (χ0) is 14.6. The Morgan fingerprint density at radius 1 is 1.26 bits per heavy atom. The van der Waals surface area contributed by atoms with Gasteiger partial charge in [-0.05, 0) is 12.0 Å². The van der Waals surface area contributed by atoms with Gasteiger partial charge in [-0.15, -0.1) is 0 Å². The normalized spacial score (nSPS) is 11.7. The number of carbonyl (C=O) groups is 1. The highest BCUT2D eigenvalue weighted by molar-refractivity contribution is 9.10. The average molecular weight is 333 g/mol. The molecule has 0 bridgehead atoms. The van der Waals surface area contributed by atoms with E-state index >= 15 is 0 Å². The number of nitrogens with zero attached hydrogens (tertiary/aromatic N) is 2. The Balaban J connectivity index is 3.09. The van der Waals surface area contributed by atoms with Crippen LogP contribution in [0.2, 0.25) is 0 Å². The quantitative estimate of drug-likeness (QED) is 0.352. The van der Waals surface area contributed by atoms with Crippen molar-refractivity contribution in [3.63, 3.8) is 0 Å². The molecule has 0 fully saturated rings. The molecule has 0 heterocycles. The van der Waals surface area contributed by atoms with Crippen LogP contribution in [0.3, 0.4) is 0 Å². The van der Waals surface area contributed by atoms with E-state index in [1.807, 2.05) is 0 Å². The van der Waals surface area contributed by atoms with Crippen LogP contribution in [0.5, 0.6) is 0 Å². The summed E-state index contributed by atoms with van der Waals surface area (Å²) >= 11 is 3.05. The third-order valence-corrected chi connectivity index (χ3v) is 2.95. The zero-order valence-corrected chi connectivity index (χ0v) is 11.3. The number of hydrogen-bond acceptors (Lipinski definition) is 6. The van der Waals surface area contributed by atoms with Gasteiger partial charge in [-0.2, -0.15) is 0 Å². The minimum Gasteiger partial charge on any atom is -0.468 e. The summed E-state index contributed by atoms with van der Waals surface area (Å²) in [7, 11) is 1.20. The Morgan fingerprint density at radius 3 is 2.11 bits per heavy atom. The minimum atomic E-state index is -0.724. The molecule has 9 heteroatoms. The minimum absolute atomic E-state index is 0.0508. The van der Waals surface area contributed by atoms with Gasteiger partial charge in [0.15, 0.2) is 0 Å². The van der Waals surface area contributed by atoms with Crippen LogP contribution < -0.4 is 0 Å². The summed E-state index contributed by atoms with van der Waals surface area (Å²) in [5.74, 6) is -0.561. The van der Waals surface area contributed by atoms with Crippen molar-refractivity contribution in [2.45, 2.75) is 11.2 Å². The maximum atomic E-state index is 11.2. The summed E-state index contributed by atoms with van der Waals surface area (Å²) in [5, 5.41) is 21.4. The van der Waals surface area contributed by atoms with Gasteiger partial charge >= 0.3 is 5.97 Å². The van der Waals surface area contributed by atoms with Gasteiger partial charge in [-0.1, -0.05) is 15.9 Å². The molecular weight excluding hydrogens is 324 g/mol. The Labute approximate surface area is 115 Å². The number of non-ortho nitro benzene ring substituents is 2. The van der Waals surface area contributed by atoms with E-state index < -0.39 is 32.0 Å². The molecule has 0 saturated heterocycles. The first-order valence-electron chi connectivity index (χ1n) is 4.99. The average Bonchev–Trinajstić information content (AvgIpc) is 2.37. The molecule has 1 aromatic carbocycles. The molecule has 8 nitrogen and oxygen atoms in total. The molecule has 1 rings (SSSR count). The van der Waals surface area contributed by atoms with Crippen molar-refractivity contribution in [2.24, 2.45) is 0 Å². The number of halogens is 1. The number of carbonyl (C=O) groups excluding carboxylic acids is 1. The fraction of sp³-hybridized carbons (Fsp3) is 0.300. The Kier molecular flexibility index (Phi) is 4.93. The van der Waals surface area contributed by atoms with Crippen molar-refractivity contribution in [2.75, 3.05) is 7.11 Å². The summed E-state index contributed by atoms with van der Waals surface area (Å²) in [5.41, 5.74) is -0.490. The highest BCUT2D eigenvalue weighted by atomic mass is 79.9. The maximum absolute atomic E-state index is 11.2. The molecule has 1 aromatic rings. The largest absolute Gasteiger partial charge is 0.468 e.